The van der Waals surface area contributed by atoms with Gasteiger partial charge in [0.1, 0.15) is 17.7 Å². The number of fused-ring (bicyclic) bond motifs is 1. The summed E-state index contributed by atoms with van der Waals surface area (Å²) in [4.78, 5) is 23.7. The molecule has 3 rings (SSSR count). The van der Waals surface area contributed by atoms with Gasteiger partial charge >= 0.3 is 0 Å². The third kappa shape index (κ3) is 2.47. The van der Waals surface area contributed by atoms with Crippen molar-refractivity contribution >= 4 is 29.4 Å². The van der Waals surface area contributed by atoms with E-state index in [0.717, 1.165) is 11.8 Å². The molecule has 0 aliphatic rings. The van der Waals surface area contributed by atoms with Gasteiger partial charge in [-0.2, -0.15) is 0 Å². The maximum Gasteiger partial charge on any atom is 0.211 e. The average molecular weight is 265 g/mol. The van der Waals surface area contributed by atoms with Gasteiger partial charge in [-0.25, -0.2) is 15.0 Å². The molecule has 2 aromatic heterocycles. The summed E-state index contributed by atoms with van der Waals surface area (Å²) in [5.41, 5.74) is 1.38. The molecular weight excluding hydrogens is 254 g/mol. The predicted octanol–water partition coefficient (Wildman–Crippen LogP) is 2.91. The lowest BCUT2D eigenvalue weighted by Gasteiger charge is -1.97. The van der Waals surface area contributed by atoms with Crippen molar-refractivity contribution in [1.29, 1.82) is 0 Å². The summed E-state index contributed by atoms with van der Waals surface area (Å²) in [5.74, 6) is 0.251. The number of carbonyl (C=O) groups excluding carboxylic acids is 1. The van der Waals surface area contributed by atoms with Gasteiger partial charge in [-0.05, 0) is 24.3 Å². The minimum absolute atomic E-state index is 0.334. The van der Waals surface area contributed by atoms with Gasteiger partial charge in [-0.1, -0.05) is 18.2 Å². The second-order valence-electron chi connectivity index (χ2n) is 4.15. The first-order valence-electron chi connectivity index (χ1n) is 6.13. The summed E-state index contributed by atoms with van der Waals surface area (Å²) >= 11 is 0. The Morgan fingerprint density at radius 1 is 1.15 bits per heavy atom. The monoisotopic (exact) mass is 265 g/mol. The molecule has 0 saturated heterocycles. The first-order chi connectivity index (χ1) is 9.86. The van der Waals surface area contributed by atoms with Crippen molar-refractivity contribution in [2.24, 2.45) is 4.99 Å². The van der Waals surface area contributed by atoms with Crippen LogP contribution in [0.15, 0.2) is 58.1 Å². The third-order valence-electron chi connectivity index (χ3n) is 2.76. The molecule has 1 unspecified atom stereocenters. The van der Waals surface area contributed by atoms with Crippen LogP contribution < -0.4 is 0 Å². The van der Waals surface area contributed by atoms with E-state index in [2.05, 4.69) is 15.0 Å². The molecule has 0 bridgehead atoms. The normalized spacial score (nSPS) is 12.8. The van der Waals surface area contributed by atoms with Crippen molar-refractivity contribution in [3.63, 3.8) is 0 Å². The Balaban J connectivity index is 1.89. The lowest BCUT2D eigenvalue weighted by molar-refractivity contribution is -0.108. The molecule has 0 N–H and O–H groups in total. The maximum atomic E-state index is 11.2. The third-order valence-corrected chi connectivity index (χ3v) is 2.76. The molecule has 5 heteroatoms. The summed E-state index contributed by atoms with van der Waals surface area (Å²) in [5, 5.41) is 0. The fourth-order valence-corrected chi connectivity index (χ4v) is 1.78. The number of aldehydes is 1. The first kappa shape index (κ1) is 12.2. The molecule has 5 nitrogen and oxygen atoms in total. The number of carbonyl (C=O) groups is 1. The fraction of sp³-hybridized carbons (Fsp3) is 0.0667. The van der Waals surface area contributed by atoms with E-state index in [-0.39, 0.29) is 0 Å². The van der Waals surface area contributed by atoms with E-state index in [1.165, 1.54) is 6.21 Å². The van der Waals surface area contributed by atoms with E-state index >= 15 is 0 Å². The maximum absolute atomic E-state index is 11.2. The van der Waals surface area contributed by atoms with Crippen LogP contribution in [0.3, 0.4) is 0 Å². The summed E-state index contributed by atoms with van der Waals surface area (Å²) in [6.45, 7) is 0. The Hall–Kier alpha value is -2.82. The Morgan fingerprint density at radius 3 is 2.75 bits per heavy atom. The largest absolute Gasteiger partial charge is 0.440 e. The van der Waals surface area contributed by atoms with E-state index in [4.69, 9.17) is 4.42 Å². The molecule has 2 heterocycles. The Morgan fingerprint density at radius 2 is 2.00 bits per heavy atom. The second-order valence-corrected chi connectivity index (χ2v) is 4.15. The number of oxazole rings is 1. The molecule has 0 aliphatic heterocycles. The lowest BCUT2D eigenvalue weighted by Crippen LogP contribution is -2.01. The lowest BCUT2D eigenvalue weighted by atomic mass is 10.2. The van der Waals surface area contributed by atoms with Gasteiger partial charge in [0.2, 0.25) is 5.89 Å². The van der Waals surface area contributed by atoms with Gasteiger partial charge in [-0.15, -0.1) is 0 Å². The summed E-state index contributed by atoms with van der Waals surface area (Å²) in [7, 11) is 0. The van der Waals surface area contributed by atoms with Crippen LogP contribution in [-0.2, 0) is 4.79 Å². The minimum Gasteiger partial charge on any atom is -0.440 e. The molecule has 1 aromatic carbocycles. The van der Waals surface area contributed by atoms with E-state index in [1.807, 2.05) is 30.3 Å². The van der Waals surface area contributed by atoms with Crippen molar-refractivity contribution < 1.29 is 9.21 Å². The van der Waals surface area contributed by atoms with Crippen molar-refractivity contribution in [3.8, 4) is 0 Å². The summed E-state index contributed by atoms with van der Waals surface area (Å²) < 4.78 is 5.56. The molecule has 0 spiro atoms. The molecular formula is C15H11N3O2. The van der Waals surface area contributed by atoms with Crippen molar-refractivity contribution in [3.05, 3.63) is 54.6 Å². The van der Waals surface area contributed by atoms with E-state index in [9.17, 15) is 4.79 Å². The van der Waals surface area contributed by atoms with Crippen LogP contribution >= 0.6 is 0 Å². The van der Waals surface area contributed by atoms with Crippen LogP contribution in [-0.4, -0.2) is 22.5 Å². The van der Waals surface area contributed by atoms with Crippen LogP contribution in [0.4, 0.5) is 5.82 Å². The van der Waals surface area contributed by atoms with Crippen molar-refractivity contribution in [2.45, 2.75) is 5.92 Å². The predicted molar refractivity (Wildman–Crippen MR) is 75.2 cm³/mol. The average Bonchev–Trinajstić information content (AvgIpc) is 2.92. The van der Waals surface area contributed by atoms with Crippen LogP contribution in [0.2, 0.25) is 0 Å². The molecule has 0 saturated carbocycles. The number of nitrogens with zero attached hydrogens (tertiary/aromatic N) is 3. The zero-order chi connectivity index (χ0) is 13.8. The van der Waals surface area contributed by atoms with Crippen LogP contribution in [0.25, 0.3) is 11.1 Å². The number of hydrogen-bond donors (Lipinski definition) is 0. The van der Waals surface area contributed by atoms with Crippen LogP contribution in [0.5, 0.6) is 0 Å². The van der Waals surface area contributed by atoms with Crippen LogP contribution in [0.1, 0.15) is 11.8 Å². The standard InChI is InChI=1S/C15H11N3O2/c19-10-11(9-17-14-7-3-4-8-16-14)15-18-12-5-1-2-6-13(12)20-15/h1-11H/b17-9+. The Labute approximate surface area is 115 Å². The number of para-hydroxylation sites is 2. The van der Waals surface area contributed by atoms with Gasteiger partial charge in [0.05, 0.1) is 0 Å². The highest BCUT2D eigenvalue weighted by atomic mass is 16.3. The highest BCUT2D eigenvalue weighted by molar-refractivity contribution is 5.88. The fourth-order valence-electron chi connectivity index (χ4n) is 1.78. The van der Waals surface area contributed by atoms with Gasteiger partial charge in [-0.3, -0.25) is 0 Å². The smallest absolute Gasteiger partial charge is 0.211 e. The second kappa shape index (κ2) is 5.44. The van der Waals surface area contributed by atoms with Gasteiger partial charge in [0.25, 0.3) is 0 Å². The minimum atomic E-state index is -0.621. The number of pyridine rings is 1. The number of rotatable bonds is 4. The number of aromatic nitrogens is 2. The zero-order valence-corrected chi connectivity index (χ0v) is 10.5. The summed E-state index contributed by atoms with van der Waals surface area (Å²) in [6.07, 6.45) is 3.87. The van der Waals surface area contributed by atoms with Gasteiger partial charge in [0, 0.05) is 12.4 Å². The zero-order valence-electron chi connectivity index (χ0n) is 10.5. The first-order valence-corrected chi connectivity index (χ1v) is 6.13. The SMILES string of the molecule is O=CC(/C=N/c1ccccn1)c1nc2ccccc2o1. The van der Waals surface area contributed by atoms with E-state index in [1.54, 1.807) is 18.3 Å². The highest BCUT2D eigenvalue weighted by Gasteiger charge is 2.15. The van der Waals surface area contributed by atoms with Crippen molar-refractivity contribution in [2.75, 3.05) is 0 Å². The number of hydrogen-bond acceptors (Lipinski definition) is 5. The quantitative estimate of drug-likeness (QED) is 0.537. The molecule has 0 amide bonds. The molecule has 0 aliphatic carbocycles. The van der Waals surface area contributed by atoms with Gasteiger partial charge < -0.3 is 9.21 Å². The van der Waals surface area contributed by atoms with Crippen molar-refractivity contribution in [1.82, 2.24) is 9.97 Å². The highest BCUT2D eigenvalue weighted by Crippen LogP contribution is 2.20. The Kier molecular flexibility index (Phi) is 3.33. The molecule has 3 aromatic rings. The van der Waals surface area contributed by atoms with Gasteiger partial charge in [0.15, 0.2) is 11.4 Å². The molecule has 0 radical (unpaired) electrons. The topological polar surface area (TPSA) is 68.3 Å². The molecule has 1 atom stereocenters. The molecule has 0 fully saturated rings. The summed E-state index contributed by atoms with van der Waals surface area (Å²) in [6, 6.07) is 12.8. The van der Waals surface area contributed by atoms with E-state index < -0.39 is 5.92 Å². The molecule has 20 heavy (non-hydrogen) atoms. The number of aliphatic imine (C=N–C) groups is 1. The Bertz CT molecular complexity index is 717. The number of benzene rings is 1. The van der Waals surface area contributed by atoms with E-state index in [0.29, 0.717) is 17.3 Å². The van der Waals surface area contributed by atoms with Crippen LogP contribution in [0, 0.1) is 0 Å². The molecule has 98 valence electrons.